The number of rotatable bonds is 5. The molecule has 3 nitrogen and oxygen atoms in total. The molecule has 18 heavy (non-hydrogen) atoms. The summed E-state index contributed by atoms with van der Waals surface area (Å²) in [5.74, 6) is 0.715. The number of nitrogens with one attached hydrogen (secondary N) is 1. The van der Waals surface area contributed by atoms with Crippen molar-refractivity contribution in [3.05, 3.63) is 27.1 Å². The summed E-state index contributed by atoms with van der Waals surface area (Å²) in [5.41, 5.74) is -0.00507. The van der Waals surface area contributed by atoms with Crippen LogP contribution < -0.4 is 10.1 Å². The molecule has 0 fully saturated rings. The molecule has 1 rings (SSSR count). The maximum absolute atomic E-state index is 9.84. The van der Waals surface area contributed by atoms with Gasteiger partial charge in [-0.3, -0.25) is 0 Å². The molecule has 1 aromatic rings. The van der Waals surface area contributed by atoms with Crippen LogP contribution in [0, 0.1) is 0 Å². The van der Waals surface area contributed by atoms with Gasteiger partial charge in [-0.2, -0.15) is 0 Å². The zero-order valence-electron chi connectivity index (χ0n) is 10.8. The Kier molecular flexibility index (Phi) is 6.11. The first-order chi connectivity index (χ1) is 8.29. The van der Waals surface area contributed by atoms with Crippen molar-refractivity contribution in [2.45, 2.75) is 32.4 Å². The molecule has 0 bridgehead atoms. The van der Waals surface area contributed by atoms with E-state index in [1.54, 1.807) is 0 Å². The first-order valence-corrected chi connectivity index (χ1v) is 7.38. The van der Waals surface area contributed by atoms with E-state index < -0.39 is 6.10 Å². The van der Waals surface area contributed by atoms with E-state index in [0.29, 0.717) is 12.3 Å². The average molecular weight is 381 g/mol. The molecule has 0 saturated heterocycles. The van der Waals surface area contributed by atoms with Crippen molar-refractivity contribution in [3.8, 4) is 5.75 Å². The Bertz CT molecular complexity index is 371. The Morgan fingerprint density at radius 2 is 1.83 bits per heavy atom. The van der Waals surface area contributed by atoms with Crippen LogP contribution in [-0.2, 0) is 0 Å². The maximum atomic E-state index is 9.84. The standard InChI is InChI=1S/C13H19Br2NO2/c1-13(2,3)16-7-9(17)8-18-12-10(14)5-4-6-11(12)15/h4-6,9,16-17H,7-8H2,1-3H3. The lowest BCUT2D eigenvalue weighted by atomic mass is 10.1. The van der Waals surface area contributed by atoms with Crippen molar-refractivity contribution in [3.63, 3.8) is 0 Å². The number of para-hydroxylation sites is 1. The molecule has 0 aromatic heterocycles. The van der Waals surface area contributed by atoms with Crippen LogP contribution in [0.15, 0.2) is 27.1 Å². The molecule has 0 saturated carbocycles. The van der Waals surface area contributed by atoms with Crippen LogP contribution >= 0.6 is 31.9 Å². The topological polar surface area (TPSA) is 41.5 Å². The summed E-state index contributed by atoms with van der Waals surface area (Å²) in [5, 5.41) is 13.1. The zero-order valence-corrected chi connectivity index (χ0v) is 14.0. The first-order valence-electron chi connectivity index (χ1n) is 5.79. The van der Waals surface area contributed by atoms with Gasteiger partial charge in [-0.05, 0) is 64.8 Å². The SMILES string of the molecule is CC(C)(C)NCC(O)COc1c(Br)cccc1Br. The highest BCUT2D eigenvalue weighted by Crippen LogP contribution is 2.32. The van der Waals surface area contributed by atoms with Gasteiger partial charge in [0.15, 0.2) is 0 Å². The molecular formula is C13H19Br2NO2. The minimum absolute atomic E-state index is 0.00507. The molecule has 0 aliphatic carbocycles. The summed E-state index contributed by atoms with van der Waals surface area (Å²) in [6.07, 6.45) is -0.539. The van der Waals surface area contributed by atoms with Crippen LogP contribution in [-0.4, -0.2) is 29.9 Å². The molecule has 0 amide bonds. The molecule has 0 aliphatic heterocycles. The lowest BCUT2D eigenvalue weighted by Crippen LogP contribution is -2.42. The van der Waals surface area contributed by atoms with Gasteiger partial charge in [0.1, 0.15) is 18.5 Å². The van der Waals surface area contributed by atoms with Gasteiger partial charge < -0.3 is 15.2 Å². The van der Waals surface area contributed by atoms with E-state index in [1.165, 1.54) is 0 Å². The number of hydrogen-bond donors (Lipinski definition) is 2. The fraction of sp³-hybridized carbons (Fsp3) is 0.538. The van der Waals surface area contributed by atoms with Crippen molar-refractivity contribution in [2.24, 2.45) is 0 Å². The number of aliphatic hydroxyl groups excluding tert-OH is 1. The molecule has 0 spiro atoms. The number of β-amino-alcohol motifs (C(OH)–C–C–N with tert-alkyl or cyclic N) is 1. The lowest BCUT2D eigenvalue weighted by molar-refractivity contribution is 0.0993. The smallest absolute Gasteiger partial charge is 0.147 e. The third-order valence-corrected chi connectivity index (χ3v) is 3.46. The van der Waals surface area contributed by atoms with Crippen molar-refractivity contribution >= 4 is 31.9 Å². The highest BCUT2D eigenvalue weighted by atomic mass is 79.9. The summed E-state index contributed by atoms with van der Waals surface area (Å²) in [6.45, 7) is 6.94. The monoisotopic (exact) mass is 379 g/mol. The van der Waals surface area contributed by atoms with Crippen molar-refractivity contribution < 1.29 is 9.84 Å². The van der Waals surface area contributed by atoms with E-state index >= 15 is 0 Å². The van der Waals surface area contributed by atoms with Gasteiger partial charge in [0, 0.05) is 12.1 Å². The van der Waals surface area contributed by atoms with Gasteiger partial charge in [-0.25, -0.2) is 0 Å². The molecule has 0 radical (unpaired) electrons. The molecule has 1 atom stereocenters. The number of hydrogen-bond acceptors (Lipinski definition) is 3. The van der Waals surface area contributed by atoms with Crippen molar-refractivity contribution in [2.75, 3.05) is 13.2 Å². The lowest BCUT2D eigenvalue weighted by Gasteiger charge is -2.23. The predicted octanol–water partition coefficient (Wildman–Crippen LogP) is 3.34. The van der Waals surface area contributed by atoms with E-state index in [0.717, 1.165) is 8.95 Å². The molecule has 0 heterocycles. The first kappa shape index (κ1) is 16.0. The Morgan fingerprint density at radius 1 is 1.28 bits per heavy atom. The molecule has 102 valence electrons. The minimum Gasteiger partial charge on any atom is -0.488 e. The Labute approximate surface area is 125 Å². The molecular weight excluding hydrogens is 362 g/mol. The second kappa shape index (κ2) is 6.89. The van der Waals surface area contributed by atoms with Crippen LogP contribution in [0.1, 0.15) is 20.8 Å². The molecule has 2 N–H and O–H groups in total. The van der Waals surface area contributed by atoms with Gasteiger partial charge in [-0.15, -0.1) is 0 Å². The zero-order chi connectivity index (χ0) is 13.8. The van der Waals surface area contributed by atoms with E-state index in [9.17, 15) is 5.11 Å². The van der Waals surface area contributed by atoms with Gasteiger partial charge in [-0.1, -0.05) is 6.07 Å². The van der Waals surface area contributed by atoms with Crippen LogP contribution in [0.4, 0.5) is 0 Å². The number of ether oxygens (including phenoxy) is 1. The maximum Gasteiger partial charge on any atom is 0.147 e. The molecule has 0 aliphatic rings. The second-order valence-corrected chi connectivity index (χ2v) is 6.86. The quantitative estimate of drug-likeness (QED) is 0.823. The summed E-state index contributed by atoms with van der Waals surface area (Å²) < 4.78 is 7.35. The Hall–Kier alpha value is -0.100. The van der Waals surface area contributed by atoms with E-state index in [-0.39, 0.29) is 12.1 Å². The summed E-state index contributed by atoms with van der Waals surface area (Å²) in [7, 11) is 0. The number of benzene rings is 1. The number of aliphatic hydroxyl groups is 1. The third-order valence-electron chi connectivity index (χ3n) is 2.21. The molecule has 1 aromatic carbocycles. The summed E-state index contributed by atoms with van der Waals surface area (Å²) in [4.78, 5) is 0. The van der Waals surface area contributed by atoms with Crippen LogP contribution in [0.3, 0.4) is 0 Å². The molecule has 1 unspecified atom stereocenters. The highest BCUT2D eigenvalue weighted by Gasteiger charge is 2.14. The van der Waals surface area contributed by atoms with E-state index in [2.05, 4.69) is 57.9 Å². The predicted molar refractivity (Wildman–Crippen MR) is 81.1 cm³/mol. The normalized spacial score (nSPS) is 13.4. The van der Waals surface area contributed by atoms with Crippen molar-refractivity contribution in [1.29, 1.82) is 0 Å². The Morgan fingerprint density at radius 3 is 2.33 bits per heavy atom. The van der Waals surface area contributed by atoms with Crippen molar-refractivity contribution in [1.82, 2.24) is 5.32 Å². The van der Waals surface area contributed by atoms with Gasteiger partial charge >= 0.3 is 0 Å². The van der Waals surface area contributed by atoms with Crippen LogP contribution in [0.5, 0.6) is 5.75 Å². The summed E-state index contributed by atoms with van der Waals surface area (Å²) >= 11 is 6.83. The van der Waals surface area contributed by atoms with Gasteiger partial charge in [0.05, 0.1) is 8.95 Å². The largest absolute Gasteiger partial charge is 0.488 e. The molecule has 5 heteroatoms. The summed E-state index contributed by atoms with van der Waals surface area (Å²) in [6, 6.07) is 5.72. The van der Waals surface area contributed by atoms with Crippen LogP contribution in [0.25, 0.3) is 0 Å². The Balaban J connectivity index is 2.45. The highest BCUT2D eigenvalue weighted by molar-refractivity contribution is 9.11. The van der Waals surface area contributed by atoms with Gasteiger partial charge in [0.25, 0.3) is 0 Å². The van der Waals surface area contributed by atoms with Crippen LogP contribution in [0.2, 0.25) is 0 Å². The van der Waals surface area contributed by atoms with Gasteiger partial charge in [0.2, 0.25) is 0 Å². The second-order valence-electron chi connectivity index (χ2n) is 5.15. The van der Waals surface area contributed by atoms with E-state index in [4.69, 9.17) is 4.74 Å². The number of halogens is 2. The van der Waals surface area contributed by atoms with E-state index in [1.807, 2.05) is 18.2 Å². The minimum atomic E-state index is -0.539. The third kappa shape index (κ3) is 5.69. The fourth-order valence-corrected chi connectivity index (χ4v) is 2.51. The average Bonchev–Trinajstić information content (AvgIpc) is 2.25. The fourth-order valence-electron chi connectivity index (χ4n) is 1.28.